The van der Waals surface area contributed by atoms with Gasteiger partial charge in [0.1, 0.15) is 54.7 Å². The Labute approximate surface area is 454 Å². The third kappa shape index (κ3) is 20.4. The molecule has 1 fully saturated rings. The Hall–Kier alpha value is -8.24. The predicted molar refractivity (Wildman–Crippen MR) is 288 cm³/mol. The summed E-state index contributed by atoms with van der Waals surface area (Å²) < 4.78 is 5.80. The minimum atomic E-state index is -1.83. The van der Waals surface area contributed by atoms with E-state index in [1.165, 1.54) is 32.2 Å². The second kappa shape index (κ2) is 31.1. The van der Waals surface area contributed by atoms with Crippen LogP contribution in [0.15, 0.2) is 66.7 Å². The van der Waals surface area contributed by atoms with E-state index in [0.717, 1.165) is 11.0 Å². The molecule has 0 aliphatic carbocycles. The van der Waals surface area contributed by atoms with Gasteiger partial charge in [0.05, 0.1) is 19.5 Å². The maximum Gasteiger partial charge on any atom is 0.328 e. The van der Waals surface area contributed by atoms with Crippen LogP contribution in [0.5, 0.6) is 0 Å². The average molecular weight is 1090 g/mol. The minimum Gasteiger partial charge on any atom is -0.458 e. The predicted octanol–water partition coefficient (Wildman–Crippen LogP) is -0.0424. The van der Waals surface area contributed by atoms with Gasteiger partial charge in [-0.25, -0.2) is 4.79 Å². The van der Waals surface area contributed by atoms with Crippen LogP contribution in [0.4, 0.5) is 0 Å². The first kappa shape index (κ1) is 64.0. The molecule has 0 unspecified atom stereocenters. The highest BCUT2D eigenvalue weighted by molar-refractivity contribution is 6.00. The molecule has 10 amide bonds. The van der Waals surface area contributed by atoms with Gasteiger partial charge < -0.3 is 57.9 Å². The largest absolute Gasteiger partial charge is 0.458 e. The average Bonchev–Trinajstić information content (AvgIpc) is 3.38. The second-order valence-electron chi connectivity index (χ2n) is 20.4. The maximum atomic E-state index is 14.6. The van der Waals surface area contributed by atoms with E-state index in [-0.39, 0.29) is 18.8 Å². The summed E-state index contributed by atoms with van der Waals surface area (Å²) in [5, 5.41) is 20.2. The van der Waals surface area contributed by atoms with E-state index < -0.39 is 151 Å². The summed E-state index contributed by atoms with van der Waals surface area (Å²) in [5.74, 6) is -12.1. The number of carbonyl (C=O) groups excluding carboxylic acids is 12. The lowest BCUT2D eigenvalue weighted by Gasteiger charge is -2.34. The number of allylic oxidation sites excluding steroid dienone is 1. The molecule has 1 saturated heterocycles. The van der Waals surface area contributed by atoms with Gasteiger partial charge in [0.2, 0.25) is 59.1 Å². The SMILES string of the molecule is CC(C)C[C@@H]1NC(=O)[C@@H](C(C)C)NC(=O)CNC(=O)CNC(=O)[C@@H](C(C)C)NC(=O)[C@H](Cc2ccccc2)N(C)C(=O)[C@H](C(C)C)NC(=O)[C@@H](CC(N)=O)NC(=O)[C@H](NC(=O)/C=C/c2ccccc2/C=C/C=O)[C@@H](C)OC1=O. The number of hydrogen-bond donors (Lipinski definition) is 9. The van der Waals surface area contributed by atoms with Crippen molar-refractivity contribution in [2.45, 2.75) is 130 Å². The van der Waals surface area contributed by atoms with E-state index in [9.17, 15) is 57.5 Å². The third-order valence-electron chi connectivity index (χ3n) is 12.5. The number of nitrogens with one attached hydrogen (secondary N) is 8. The number of cyclic esters (lactones) is 1. The molecular formula is C55H76N10O13. The van der Waals surface area contributed by atoms with Crippen molar-refractivity contribution in [1.82, 2.24) is 47.4 Å². The van der Waals surface area contributed by atoms with E-state index >= 15 is 0 Å². The van der Waals surface area contributed by atoms with Crippen LogP contribution in [0.1, 0.15) is 91.8 Å². The van der Waals surface area contributed by atoms with Crippen molar-refractivity contribution in [3.8, 4) is 0 Å². The number of primary amides is 1. The summed E-state index contributed by atoms with van der Waals surface area (Å²) in [4.78, 5) is 164. The molecule has 2 aromatic carbocycles. The summed E-state index contributed by atoms with van der Waals surface area (Å²) in [7, 11) is 1.33. The van der Waals surface area contributed by atoms with Gasteiger partial charge in [-0.15, -0.1) is 0 Å². The van der Waals surface area contributed by atoms with Gasteiger partial charge in [0, 0.05) is 19.5 Å². The number of hydrogen-bond acceptors (Lipinski definition) is 13. The molecule has 0 spiro atoms. The van der Waals surface area contributed by atoms with E-state index in [2.05, 4.69) is 42.5 Å². The van der Waals surface area contributed by atoms with Crippen molar-refractivity contribution in [2.24, 2.45) is 29.4 Å². The highest BCUT2D eigenvalue weighted by atomic mass is 16.5. The molecule has 8 atom stereocenters. The van der Waals surface area contributed by atoms with E-state index in [1.54, 1.807) is 110 Å². The van der Waals surface area contributed by atoms with Crippen LogP contribution in [0.3, 0.4) is 0 Å². The Morgan fingerprint density at radius 3 is 1.79 bits per heavy atom. The zero-order valence-corrected chi connectivity index (χ0v) is 45.9. The Balaban J connectivity index is 2.20. The number of nitrogens with two attached hydrogens (primary N) is 1. The number of ether oxygens (including phenoxy) is 1. The van der Waals surface area contributed by atoms with Crippen LogP contribution in [0.25, 0.3) is 12.2 Å². The third-order valence-corrected chi connectivity index (χ3v) is 12.5. The fourth-order valence-electron chi connectivity index (χ4n) is 8.12. The lowest BCUT2D eigenvalue weighted by Crippen LogP contribution is -2.62. The van der Waals surface area contributed by atoms with Crippen molar-refractivity contribution in [3.63, 3.8) is 0 Å². The summed E-state index contributed by atoms with van der Waals surface area (Å²) in [6.07, 6.45) is 3.30. The van der Waals surface area contributed by atoms with Crippen molar-refractivity contribution in [1.29, 1.82) is 0 Å². The van der Waals surface area contributed by atoms with Crippen LogP contribution in [-0.2, 0) is 68.7 Å². The first-order chi connectivity index (χ1) is 36.7. The molecular weight excluding hydrogens is 1010 g/mol. The van der Waals surface area contributed by atoms with Crippen molar-refractivity contribution in [2.75, 3.05) is 20.1 Å². The van der Waals surface area contributed by atoms with Gasteiger partial charge in [0.15, 0.2) is 0 Å². The smallest absolute Gasteiger partial charge is 0.328 e. The van der Waals surface area contributed by atoms with Crippen LogP contribution in [0.2, 0.25) is 0 Å². The summed E-state index contributed by atoms with van der Waals surface area (Å²) >= 11 is 0. The van der Waals surface area contributed by atoms with Crippen molar-refractivity contribution < 1.29 is 62.3 Å². The normalized spacial score (nSPS) is 23.6. The maximum absolute atomic E-state index is 14.6. The molecule has 1 aliphatic heterocycles. The molecule has 1 heterocycles. The molecule has 0 radical (unpaired) electrons. The topological polar surface area (TPSA) is 340 Å². The monoisotopic (exact) mass is 1080 g/mol. The number of benzene rings is 2. The van der Waals surface area contributed by atoms with Gasteiger partial charge in [-0.05, 0) is 65.9 Å². The lowest BCUT2D eigenvalue weighted by molar-refractivity contribution is -0.156. The van der Waals surface area contributed by atoms with Crippen LogP contribution in [0, 0.1) is 23.7 Å². The van der Waals surface area contributed by atoms with Crippen LogP contribution < -0.4 is 48.3 Å². The molecule has 10 N–H and O–H groups in total. The highest BCUT2D eigenvalue weighted by Crippen LogP contribution is 2.17. The molecule has 23 heteroatoms. The summed E-state index contributed by atoms with van der Waals surface area (Å²) in [6, 6.07) is 5.07. The molecule has 0 bridgehead atoms. The molecule has 23 nitrogen and oxygen atoms in total. The van der Waals surface area contributed by atoms with Gasteiger partial charge in [-0.1, -0.05) is 116 Å². The van der Waals surface area contributed by atoms with E-state index in [1.807, 2.05) is 0 Å². The summed E-state index contributed by atoms with van der Waals surface area (Å²) in [5.41, 5.74) is 7.27. The number of likely N-dealkylation sites (N-methyl/N-ethyl adjacent to an activating group) is 1. The van der Waals surface area contributed by atoms with Gasteiger partial charge in [0.25, 0.3) is 0 Å². The standard InChI is InChI=1S/C55H76N10O13/c1-30(2)25-39-55(77)78-34(9)48(61-42(68)23-22-37-20-15-14-19-36(37)21-16-24-66)53(75)59-38(27-41(56)67)49(71)64-47(33(7)8)54(76)65(10)40(26-35-17-12-11-13-18-35)50(72)63-45(31(3)4)51(73)58-28-43(69)57-29-44(70)62-46(32(5)6)52(74)60-39/h11-24,30-34,38-40,45-48H,25-29H2,1-10H3,(H2,56,67)(H,57,69)(H,58,73)(H,59,75)(H,60,74)(H,61,68)(H,62,70)(H,63,72)(H,64,71)/b21-16+,23-22+/t34-,38-,39+,40+,45-,46-,47+,48-/m1/s1. The minimum absolute atomic E-state index is 0.0120. The Kier molecular flexibility index (Phi) is 25.5. The number of aldehydes is 1. The number of carbonyl (C=O) groups is 12. The lowest BCUT2D eigenvalue weighted by atomic mass is 9.97. The molecule has 2 aromatic rings. The molecule has 1 aliphatic rings. The fraction of sp³-hybridized carbons (Fsp3) is 0.491. The summed E-state index contributed by atoms with van der Waals surface area (Å²) in [6.45, 7) is 13.3. The number of rotatable bonds is 14. The number of esters is 1. The Bertz CT molecular complexity index is 2550. The van der Waals surface area contributed by atoms with E-state index in [4.69, 9.17) is 10.5 Å². The molecule has 78 heavy (non-hydrogen) atoms. The molecule has 0 aromatic heterocycles. The zero-order chi connectivity index (χ0) is 58.4. The quantitative estimate of drug-likeness (QED) is 0.0682. The molecule has 3 rings (SSSR count). The van der Waals surface area contributed by atoms with Crippen LogP contribution in [-0.4, -0.2) is 145 Å². The van der Waals surface area contributed by atoms with Crippen molar-refractivity contribution >= 4 is 83.5 Å². The Morgan fingerprint density at radius 1 is 0.667 bits per heavy atom. The number of nitrogens with zero attached hydrogens (tertiary/aromatic N) is 1. The number of amides is 10. The van der Waals surface area contributed by atoms with Crippen LogP contribution >= 0.6 is 0 Å². The first-order valence-electron chi connectivity index (χ1n) is 25.8. The van der Waals surface area contributed by atoms with E-state index in [0.29, 0.717) is 23.0 Å². The second-order valence-corrected chi connectivity index (χ2v) is 20.4. The first-order valence-corrected chi connectivity index (χ1v) is 25.8. The fourth-order valence-corrected chi connectivity index (χ4v) is 8.12. The molecule has 0 saturated carbocycles. The van der Waals surface area contributed by atoms with Gasteiger partial charge in [-0.3, -0.25) is 52.7 Å². The molecule has 424 valence electrons. The van der Waals surface area contributed by atoms with Crippen molar-refractivity contribution in [3.05, 3.63) is 83.4 Å². The Morgan fingerprint density at radius 2 is 1.22 bits per heavy atom. The van der Waals surface area contributed by atoms with Gasteiger partial charge in [-0.2, -0.15) is 0 Å². The zero-order valence-electron chi connectivity index (χ0n) is 45.9. The highest BCUT2D eigenvalue weighted by Gasteiger charge is 2.40. The van der Waals surface area contributed by atoms with Gasteiger partial charge >= 0.3 is 5.97 Å².